The van der Waals surface area contributed by atoms with Crippen molar-refractivity contribution in [1.82, 2.24) is 14.8 Å². The van der Waals surface area contributed by atoms with Crippen molar-refractivity contribution in [2.24, 2.45) is 0 Å². The van der Waals surface area contributed by atoms with Gasteiger partial charge in [-0.2, -0.15) is 10.4 Å². The number of rotatable bonds is 1. The quantitative estimate of drug-likeness (QED) is 0.650. The number of hydrogen-bond donors (Lipinski definition) is 0. The molecule has 86 valence electrons. The highest BCUT2D eigenvalue weighted by Crippen LogP contribution is 2.22. The molecule has 0 saturated heterocycles. The van der Waals surface area contributed by atoms with Crippen LogP contribution in [0.5, 0.6) is 0 Å². The molecule has 1 aromatic carbocycles. The summed E-state index contributed by atoms with van der Waals surface area (Å²) in [5.74, 6) is 0. The van der Waals surface area contributed by atoms with Gasteiger partial charge >= 0.3 is 0 Å². The summed E-state index contributed by atoms with van der Waals surface area (Å²) in [7, 11) is 0. The van der Waals surface area contributed by atoms with E-state index in [1.807, 2.05) is 37.3 Å². The molecule has 3 aromatic rings. The van der Waals surface area contributed by atoms with Crippen LogP contribution in [0.3, 0.4) is 0 Å². The van der Waals surface area contributed by atoms with Crippen molar-refractivity contribution in [3.05, 3.63) is 54.0 Å². The standard InChI is InChI=1S/C14H10N4/c1-10-6-7-16-9-14(10)18-13-5-3-2-4-11(13)12(8-15)17-18/h2-7,9H,1H3. The van der Waals surface area contributed by atoms with Crippen molar-refractivity contribution >= 4 is 10.9 Å². The Labute approximate surface area is 104 Å². The van der Waals surface area contributed by atoms with Crippen molar-refractivity contribution in [3.63, 3.8) is 0 Å². The largest absolute Gasteiger partial charge is 0.262 e. The molecule has 0 unspecified atom stereocenters. The Kier molecular flexibility index (Phi) is 2.31. The van der Waals surface area contributed by atoms with Gasteiger partial charge in [-0.3, -0.25) is 4.98 Å². The normalized spacial score (nSPS) is 10.4. The Morgan fingerprint density at radius 3 is 2.83 bits per heavy atom. The first-order chi connectivity index (χ1) is 8.81. The molecule has 2 aromatic heterocycles. The first kappa shape index (κ1) is 10.5. The van der Waals surface area contributed by atoms with E-state index in [2.05, 4.69) is 16.2 Å². The summed E-state index contributed by atoms with van der Waals surface area (Å²) < 4.78 is 1.77. The summed E-state index contributed by atoms with van der Waals surface area (Å²) in [4.78, 5) is 4.12. The Morgan fingerprint density at radius 1 is 1.22 bits per heavy atom. The van der Waals surface area contributed by atoms with E-state index in [1.165, 1.54) is 0 Å². The highest BCUT2D eigenvalue weighted by Gasteiger charge is 2.11. The van der Waals surface area contributed by atoms with Crippen LogP contribution in [-0.2, 0) is 0 Å². The summed E-state index contributed by atoms with van der Waals surface area (Å²) in [6.07, 6.45) is 3.51. The van der Waals surface area contributed by atoms with Gasteiger partial charge in [0, 0.05) is 11.6 Å². The lowest BCUT2D eigenvalue weighted by molar-refractivity contribution is 0.886. The van der Waals surface area contributed by atoms with Crippen LogP contribution in [0.4, 0.5) is 0 Å². The average molecular weight is 234 g/mol. The molecular weight excluding hydrogens is 224 g/mol. The van der Waals surface area contributed by atoms with E-state index in [-0.39, 0.29) is 0 Å². The lowest BCUT2D eigenvalue weighted by Gasteiger charge is -2.05. The average Bonchev–Trinajstić information content (AvgIpc) is 2.78. The van der Waals surface area contributed by atoms with Gasteiger partial charge in [-0.15, -0.1) is 0 Å². The molecule has 0 aliphatic rings. The maximum absolute atomic E-state index is 9.12. The third-order valence-corrected chi connectivity index (χ3v) is 2.93. The minimum absolute atomic E-state index is 0.439. The summed E-state index contributed by atoms with van der Waals surface area (Å²) in [5, 5.41) is 14.3. The molecule has 0 radical (unpaired) electrons. The third-order valence-electron chi connectivity index (χ3n) is 2.93. The zero-order valence-corrected chi connectivity index (χ0v) is 9.83. The molecule has 0 bridgehead atoms. The minimum Gasteiger partial charge on any atom is -0.262 e. The third kappa shape index (κ3) is 1.45. The zero-order valence-electron chi connectivity index (χ0n) is 9.83. The Balaban J connectivity index is 2.38. The van der Waals surface area contributed by atoms with Gasteiger partial charge in [0.15, 0.2) is 5.69 Å². The lowest BCUT2D eigenvalue weighted by Crippen LogP contribution is -1.99. The highest BCUT2D eigenvalue weighted by molar-refractivity contribution is 5.85. The maximum Gasteiger partial charge on any atom is 0.170 e. The number of aromatic nitrogens is 3. The summed E-state index contributed by atoms with van der Waals surface area (Å²) in [6, 6.07) is 11.8. The molecule has 0 spiro atoms. The highest BCUT2D eigenvalue weighted by atomic mass is 15.3. The fourth-order valence-corrected chi connectivity index (χ4v) is 2.01. The van der Waals surface area contributed by atoms with E-state index >= 15 is 0 Å². The van der Waals surface area contributed by atoms with Crippen LogP contribution in [0, 0.1) is 18.3 Å². The van der Waals surface area contributed by atoms with E-state index in [4.69, 9.17) is 5.26 Å². The number of aryl methyl sites for hydroxylation is 1. The van der Waals surface area contributed by atoms with Gasteiger partial charge in [-0.05, 0) is 30.7 Å². The molecule has 0 saturated carbocycles. The summed E-state index contributed by atoms with van der Waals surface area (Å²) in [5.41, 5.74) is 3.33. The summed E-state index contributed by atoms with van der Waals surface area (Å²) >= 11 is 0. The van der Waals surface area contributed by atoms with Crippen LogP contribution in [0.15, 0.2) is 42.7 Å². The SMILES string of the molecule is Cc1ccncc1-n1nc(C#N)c2ccccc21. The van der Waals surface area contributed by atoms with Crippen LogP contribution in [0.2, 0.25) is 0 Å². The Morgan fingerprint density at radius 2 is 2.06 bits per heavy atom. The molecule has 0 aliphatic carbocycles. The molecule has 0 atom stereocenters. The van der Waals surface area contributed by atoms with Gasteiger partial charge in [0.05, 0.1) is 17.4 Å². The van der Waals surface area contributed by atoms with Gasteiger partial charge in [0.1, 0.15) is 6.07 Å². The number of nitriles is 1. The number of fused-ring (bicyclic) bond motifs is 1. The molecule has 0 N–H and O–H groups in total. The number of pyridine rings is 1. The predicted molar refractivity (Wildman–Crippen MR) is 68.3 cm³/mol. The molecule has 0 amide bonds. The van der Waals surface area contributed by atoms with Crippen LogP contribution in [0.25, 0.3) is 16.6 Å². The predicted octanol–water partition coefficient (Wildman–Crippen LogP) is 2.60. The second-order valence-electron chi connectivity index (χ2n) is 4.05. The smallest absolute Gasteiger partial charge is 0.170 e. The minimum atomic E-state index is 0.439. The molecule has 0 fully saturated rings. The van der Waals surface area contributed by atoms with Crippen molar-refractivity contribution in [2.45, 2.75) is 6.92 Å². The molecule has 2 heterocycles. The zero-order chi connectivity index (χ0) is 12.5. The number of benzene rings is 1. The van der Waals surface area contributed by atoms with Crippen molar-refractivity contribution in [2.75, 3.05) is 0 Å². The van der Waals surface area contributed by atoms with Gasteiger partial charge in [0.25, 0.3) is 0 Å². The van der Waals surface area contributed by atoms with Gasteiger partial charge in [-0.1, -0.05) is 12.1 Å². The Bertz CT molecular complexity index is 765. The fraction of sp³-hybridized carbons (Fsp3) is 0.0714. The van der Waals surface area contributed by atoms with Crippen LogP contribution in [0.1, 0.15) is 11.3 Å². The van der Waals surface area contributed by atoms with E-state index < -0.39 is 0 Å². The molecule has 4 heteroatoms. The Hall–Kier alpha value is -2.67. The molecular formula is C14H10N4. The number of nitrogens with zero attached hydrogens (tertiary/aromatic N) is 4. The summed E-state index contributed by atoms with van der Waals surface area (Å²) in [6.45, 7) is 2.00. The van der Waals surface area contributed by atoms with E-state index in [1.54, 1.807) is 17.1 Å². The van der Waals surface area contributed by atoms with Crippen molar-refractivity contribution in [3.8, 4) is 11.8 Å². The van der Waals surface area contributed by atoms with Crippen LogP contribution in [-0.4, -0.2) is 14.8 Å². The van der Waals surface area contributed by atoms with Gasteiger partial charge in [-0.25, -0.2) is 4.68 Å². The van der Waals surface area contributed by atoms with Crippen molar-refractivity contribution in [1.29, 1.82) is 5.26 Å². The molecule has 4 nitrogen and oxygen atoms in total. The first-order valence-electron chi connectivity index (χ1n) is 5.60. The van der Waals surface area contributed by atoms with Gasteiger partial charge < -0.3 is 0 Å². The van der Waals surface area contributed by atoms with E-state index in [0.717, 1.165) is 22.2 Å². The first-order valence-corrected chi connectivity index (χ1v) is 5.60. The maximum atomic E-state index is 9.12. The lowest BCUT2D eigenvalue weighted by atomic mass is 10.2. The van der Waals surface area contributed by atoms with Crippen LogP contribution < -0.4 is 0 Å². The second kappa shape index (κ2) is 3.97. The fourth-order valence-electron chi connectivity index (χ4n) is 2.01. The monoisotopic (exact) mass is 234 g/mol. The van der Waals surface area contributed by atoms with Crippen molar-refractivity contribution < 1.29 is 0 Å². The molecule has 3 rings (SSSR count). The van der Waals surface area contributed by atoms with E-state index in [9.17, 15) is 0 Å². The molecule has 18 heavy (non-hydrogen) atoms. The number of hydrogen-bond acceptors (Lipinski definition) is 3. The topological polar surface area (TPSA) is 54.5 Å². The second-order valence-corrected chi connectivity index (χ2v) is 4.05. The van der Waals surface area contributed by atoms with E-state index in [0.29, 0.717) is 5.69 Å². The molecule has 0 aliphatic heterocycles. The van der Waals surface area contributed by atoms with Gasteiger partial charge in [0.2, 0.25) is 0 Å². The number of para-hydroxylation sites is 1. The van der Waals surface area contributed by atoms with Crippen LogP contribution >= 0.6 is 0 Å².